The van der Waals surface area contributed by atoms with Crippen LogP contribution in [0, 0.1) is 0 Å². The van der Waals surface area contributed by atoms with Crippen LogP contribution in [0.3, 0.4) is 0 Å². The Morgan fingerprint density at radius 3 is 2.15 bits per heavy atom. The number of nitrogens with one attached hydrogen (secondary N) is 2. The molecule has 1 aliphatic rings. The maximum atomic E-state index is 13.0. The molecule has 1 aliphatic heterocycles. The Kier molecular flexibility index (Phi) is 8.76. The lowest BCUT2D eigenvalue weighted by Gasteiger charge is -2.33. The summed E-state index contributed by atoms with van der Waals surface area (Å²) in [6, 6.07) is 11.4. The highest BCUT2D eigenvalue weighted by Gasteiger charge is 2.28. The number of halogens is 1. The largest absolute Gasteiger partial charge is 0.497 e. The van der Waals surface area contributed by atoms with E-state index in [1.54, 1.807) is 49.5 Å². The van der Waals surface area contributed by atoms with Crippen LogP contribution >= 0.6 is 11.6 Å². The number of benzene rings is 2. The van der Waals surface area contributed by atoms with Gasteiger partial charge in [-0.1, -0.05) is 11.6 Å². The van der Waals surface area contributed by atoms with Crippen LogP contribution in [0.5, 0.6) is 11.5 Å². The minimum absolute atomic E-state index is 0.0514. The molecule has 0 aromatic heterocycles. The van der Waals surface area contributed by atoms with E-state index in [1.165, 1.54) is 6.92 Å². The van der Waals surface area contributed by atoms with E-state index in [1.807, 2.05) is 12.1 Å². The van der Waals surface area contributed by atoms with E-state index in [4.69, 9.17) is 21.1 Å². The highest BCUT2D eigenvalue weighted by Crippen LogP contribution is 2.23. The molecule has 0 aliphatic carbocycles. The lowest BCUT2D eigenvalue weighted by molar-refractivity contribution is -0.128. The first-order chi connectivity index (χ1) is 16.3. The molecule has 9 heteroatoms. The summed E-state index contributed by atoms with van der Waals surface area (Å²) in [6.45, 7) is 2.45. The van der Waals surface area contributed by atoms with Crippen molar-refractivity contribution in [2.24, 2.45) is 0 Å². The van der Waals surface area contributed by atoms with Crippen LogP contribution in [-0.4, -0.2) is 62.0 Å². The third-order valence-corrected chi connectivity index (χ3v) is 6.02. The quantitative estimate of drug-likeness (QED) is 0.596. The zero-order valence-corrected chi connectivity index (χ0v) is 20.4. The van der Waals surface area contributed by atoms with Crippen molar-refractivity contribution in [3.63, 3.8) is 0 Å². The Hall–Kier alpha value is -3.26. The molecule has 1 atom stereocenters. The predicted molar refractivity (Wildman–Crippen MR) is 129 cm³/mol. The normalized spacial score (nSPS) is 14.8. The topological polar surface area (TPSA) is 97.0 Å². The first kappa shape index (κ1) is 25.4. The average molecular weight is 488 g/mol. The summed E-state index contributed by atoms with van der Waals surface area (Å²) >= 11 is 5.90. The summed E-state index contributed by atoms with van der Waals surface area (Å²) in [5.41, 5.74) is 1.39. The molecule has 1 unspecified atom stereocenters. The number of hydrogen-bond donors (Lipinski definition) is 2. The minimum Gasteiger partial charge on any atom is -0.497 e. The lowest BCUT2D eigenvalue weighted by atomic mass is 10.0. The van der Waals surface area contributed by atoms with E-state index < -0.39 is 6.04 Å². The van der Waals surface area contributed by atoms with E-state index >= 15 is 0 Å². The van der Waals surface area contributed by atoms with E-state index in [0.29, 0.717) is 48.0 Å². The molecule has 0 spiro atoms. The van der Waals surface area contributed by atoms with Crippen LogP contribution in [0.1, 0.15) is 35.7 Å². The molecule has 3 rings (SSSR count). The van der Waals surface area contributed by atoms with Crippen molar-refractivity contribution >= 4 is 29.3 Å². The second kappa shape index (κ2) is 11.7. The number of carbonyl (C=O) groups excluding carboxylic acids is 3. The Balaban J connectivity index is 1.60. The number of nitrogens with zero attached hydrogens (tertiary/aromatic N) is 1. The molecule has 1 saturated heterocycles. The maximum Gasteiger partial charge on any atom is 0.253 e. The molecule has 2 aromatic carbocycles. The van der Waals surface area contributed by atoms with E-state index in [0.717, 1.165) is 5.56 Å². The summed E-state index contributed by atoms with van der Waals surface area (Å²) in [5.74, 6) is 0.602. The van der Waals surface area contributed by atoms with Crippen molar-refractivity contribution in [1.82, 2.24) is 15.5 Å². The molecular weight excluding hydrogens is 458 g/mol. The summed E-state index contributed by atoms with van der Waals surface area (Å²) in [5, 5.41) is 6.36. The average Bonchev–Trinajstić information content (AvgIpc) is 2.83. The number of amides is 3. The number of piperidine rings is 1. The first-order valence-corrected chi connectivity index (χ1v) is 11.5. The van der Waals surface area contributed by atoms with Crippen molar-refractivity contribution in [1.29, 1.82) is 0 Å². The molecule has 3 amide bonds. The molecule has 1 heterocycles. The van der Waals surface area contributed by atoms with E-state index in [-0.39, 0.29) is 30.2 Å². The number of hydrogen-bond acceptors (Lipinski definition) is 5. The van der Waals surface area contributed by atoms with Crippen LogP contribution in [0.15, 0.2) is 42.5 Å². The third kappa shape index (κ3) is 6.87. The Bertz CT molecular complexity index is 997. The molecule has 8 nitrogen and oxygen atoms in total. The van der Waals surface area contributed by atoms with Gasteiger partial charge in [0.2, 0.25) is 11.8 Å². The summed E-state index contributed by atoms with van der Waals surface area (Å²) in [4.78, 5) is 39.3. The Morgan fingerprint density at radius 2 is 1.62 bits per heavy atom. The molecule has 0 saturated carbocycles. The Morgan fingerprint density at radius 1 is 1.03 bits per heavy atom. The van der Waals surface area contributed by atoms with Gasteiger partial charge in [-0.2, -0.15) is 0 Å². The fraction of sp³-hybridized carbons (Fsp3) is 0.400. The van der Waals surface area contributed by atoms with Crippen LogP contribution in [-0.2, 0) is 16.0 Å². The number of likely N-dealkylation sites (tertiary alicyclic amines) is 1. The number of ether oxygens (including phenoxy) is 2. The van der Waals surface area contributed by atoms with Gasteiger partial charge in [0.05, 0.1) is 14.2 Å². The highest BCUT2D eigenvalue weighted by molar-refractivity contribution is 6.30. The van der Waals surface area contributed by atoms with Gasteiger partial charge in [-0.05, 0) is 54.8 Å². The van der Waals surface area contributed by atoms with Gasteiger partial charge in [0, 0.05) is 49.1 Å². The van der Waals surface area contributed by atoms with Gasteiger partial charge in [-0.25, -0.2) is 0 Å². The zero-order valence-electron chi connectivity index (χ0n) is 19.6. The van der Waals surface area contributed by atoms with Gasteiger partial charge in [0.1, 0.15) is 17.5 Å². The van der Waals surface area contributed by atoms with Crippen molar-refractivity contribution in [3.05, 3.63) is 58.6 Å². The van der Waals surface area contributed by atoms with E-state index in [9.17, 15) is 14.4 Å². The minimum atomic E-state index is -0.747. The van der Waals surface area contributed by atoms with Crippen LogP contribution in [0.25, 0.3) is 0 Å². The molecular formula is C25H30ClN3O5. The fourth-order valence-electron chi connectivity index (χ4n) is 3.98. The highest BCUT2D eigenvalue weighted by atomic mass is 35.5. The summed E-state index contributed by atoms with van der Waals surface area (Å²) < 4.78 is 10.6. The molecule has 2 N–H and O–H groups in total. The Labute approximate surface area is 204 Å². The van der Waals surface area contributed by atoms with Gasteiger partial charge in [0.15, 0.2) is 0 Å². The predicted octanol–water partition coefficient (Wildman–Crippen LogP) is 2.83. The standard InChI is InChI=1S/C25H30ClN3O5/c1-16(30)27-23(14-17-12-21(33-2)15-22(13-17)34-3)24(31)28-20-8-10-29(11-9-20)25(32)18-4-6-19(26)7-5-18/h4-7,12-13,15,20,23H,8-11,14H2,1-3H3,(H,27,30)(H,28,31). The monoisotopic (exact) mass is 487 g/mol. The second-order valence-electron chi connectivity index (χ2n) is 8.26. The summed E-state index contributed by atoms with van der Waals surface area (Å²) in [6.07, 6.45) is 1.54. The van der Waals surface area contributed by atoms with Gasteiger partial charge in [-0.3, -0.25) is 14.4 Å². The lowest BCUT2D eigenvalue weighted by Crippen LogP contribution is -2.53. The van der Waals surface area contributed by atoms with Crippen molar-refractivity contribution in [3.8, 4) is 11.5 Å². The van der Waals surface area contributed by atoms with Crippen LogP contribution in [0.2, 0.25) is 5.02 Å². The number of rotatable bonds is 8. The first-order valence-electron chi connectivity index (χ1n) is 11.1. The van der Waals surface area contributed by atoms with Crippen molar-refractivity contribution in [2.75, 3.05) is 27.3 Å². The molecule has 0 radical (unpaired) electrons. The van der Waals surface area contributed by atoms with E-state index in [2.05, 4.69) is 10.6 Å². The second-order valence-corrected chi connectivity index (χ2v) is 8.70. The molecule has 182 valence electrons. The van der Waals surface area contributed by atoms with Gasteiger partial charge in [0.25, 0.3) is 5.91 Å². The van der Waals surface area contributed by atoms with Crippen LogP contribution in [0.4, 0.5) is 0 Å². The molecule has 0 bridgehead atoms. The van der Waals surface area contributed by atoms with Gasteiger partial charge >= 0.3 is 0 Å². The molecule has 34 heavy (non-hydrogen) atoms. The summed E-state index contributed by atoms with van der Waals surface area (Å²) in [7, 11) is 3.11. The van der Waals surface area contributed by atoms with Crippen molar-refractivity contribution < 1.29 is 23.9 Å². The number of carbonyl (C=O) groups is 3. The molecule has 2 aromatic rings. The molecule has 1 fully saturated rings. The zero-order chi connectivity index (χ0) is 24.7. The SMILES string of the molecule is COc1cc(CC(NC(C)=O)C(=O)NC2CCN(C(=O)c3ccc(Cl)cc3)CC2)cc(OC)c1. The maximum absolute atomic E-state index is 13.0. The van der Waals surface area contributed by atoms with Crippen LogP contribution < -0.4 is 20.1 Å². The van der Waals surface area contributed by atoms with Gasteiger partial charge < -0.3 is 25.0 Å². The van der Waals surface area contributed by atoms with Gasteiger partial charge in [-0.15, -0.1) is 0 Å². The number of methoxy groups -OCH3 is 2. The smallest absolute Gasteiger partial charge is 0.253 e. The third-order valence-electron chi connectivity index (χ3n) is 5.76. The fourth-order valence-corrected chi connectivity index (χ4v) is 4.10. The van der Waals surface area contributed by atoms with Crippen molar-refractivity contribution in [2.45, 2.75) is 38.3 Å².